The van der Waals surface area contributed by atoms with E-state index in [1.165, 1.54) is 0 Å². The Bertz CT molecular complexity index is 173. The van der Waals surface area contributed by atoms with Gasteiger partial charge in [0.15, 0.2) is 0 Å². The van der Waals surface area contributed by atoms with Gasteiger partial charge in [-0.15, -0.1) is 12.4 Å². The molecule has 13 heavy (non-hydrogen) atoms. The number of rotatable bonds is 3. The average Bonchev–Trinajstić information content (AvgIpc) is 1.82. The van der Waals surface area contributed by atoms with Crippen molar-refractivity contribution >= 4 is 18.4 Å². The number of hydrogen-bond acceptors (Lipinski definition) is 2. The van der Waals surface area contributed by atoms with Gasteiger partial charge in [0, 0.05) is 0 Å². The molecule has 0 aromatic carbocycles. The molecule has 0 spiro atoms. The molecule has 0 rings (SSSR count). The van der Waals surface area contributed by atoms with E-state index in [1.54, 1.807) is 6.92 Å². The van der Waals surface area contributed by atoms with Gasteiger partial charge in [-0.05, 0) is 25.2 Å². The highest BCUT2D eigenvalue weighted by atomic mass is 35.5. The Labute approximate surface area is 86.1 Å². The standard InChI is InChI=1S/C9H19NO2.ClH/c1-8(2,3)5-6-9(4,10)7(11)12;/h5-6,10H2,1-4H3,(H,11,12);1H. The third-order valence-electron chi connectivity index (χ3n) is 1.88. The summed E-state index contributed by atoms with van der Waals surface area (Å²) in [6.45, 7) is 7.78. The van der Waals surface area contributed by atoms with Gasteiger partial charge in [-0.25, -0.2) is 0 Å². The average molecular weight is 210 g/mol. The molecule has 0 radical (unpaired) electrons. The van der Waals surface area contributed by atoms with Crippen LogP contribution in [0.5, 0.6) is 0 Å². The molecule has 1 atom stereocenters. The van der Waals surface area contributed by atoms with Gasteiger partial charge < -0.3 is 10.8 Å². The van der Waals surface area contributed by atoms with Crippen LogP contribution in [-0.2, 0) is 4.79 Å². The highest BCUT2D eigenvalue weighted by molar-refractivity contribution is 5.85. The molecular weight excluding hydrogens is 190 g/mol. The Morgan fingerprint density at radius 1 is 1.23 bits per heavy atom. The first-order valence-electron chi connectivity index (χ1n) is 4.17. The van der Waals surface area contributed by atoms with Crippen LogP contribution in [-0.4, -0.2) is 16.6 Å². The molecule has 0 fully saturated rings. The summed E-state index contributed by atoms with van der Waals surface area (Å²) in [4.78, 5) is 10.6. The van der Waals surface area contributed by atoms with Crippen LogP contribution >= 0.6 is 12.4 Å². The zero-order valence-electron chi connectivity index (χ0n) is 8.76. The molecule has 80 valence electrons. The number of carboxylic acids is 1. The minimum atomic E-state index is -1.08. The predicted molar refractivity (Wildman–Crippen MR) is 56.2 cm³/mol. The molecule has 4 heteroatoms. The van der Waals surface area contributed by atoms with Gasteiger partial charge in [0.05, 0.1) is 0 Å². The second kappa shape index (κ2) is 4.82. The van der Waals surface area contributed by atoms with Gasteiger partial charge in [0.2, 0.25) is 0 Å². The van der Waals surface area contributed by atoms with Crippen molar-refractivity contribution in [2.45, 2.75) is 46.1 Å². The molecule has 3 nitrogen and oxygen atoms in total. The van der Waals surface area contributed by atoms with Gasteiger partial charge in [-0.2, -0.15) is 0 Å². The first-order chi connectivity index (χ1) is 5.15. The molecule has 0 saturated carbocycles. The van der Waals surface area contributed by atoms with Crippen molar-refractivity contribution in [3.05, 3.63) is 0 Å². The van der Waals surface area contributed by atoms with E-state index in [0.29, 0.717) is 6.42 Å². The maximum Gasteiger partial charge on any atom is 0.323 e. The van der Waals surface area contributed by atoms with Crippen molar-refractivity contribution in [1.82, 2.24) is 0 Å². The quantitative estimate of drug-likeness (QED) is 0.748. The van der Waals surface area contributed by atoms with Crippen LogP contribution < -0.4 is 5.73 Å². The summed E-state index contributed by atoms with van der Waals surface area (Å²) in [7, 11) is 0. The van der Waals surface area contributed by atoms with Gasteiger partial charge in [-0.1, -0.05) is 20.8 Å². The number of halogens is 1. The summed E-state index contributed by atoms with van der Waals surface area (Å²) < 4.78 is 0. The summed E-state index contributed by atoms with van der Waals surface area (Å²) in [5.41, 5.74) is 4.64. The van der Waals surface area contributed by atoms with Gasteiger partial charge in [0.1, 0.15) is 5.54 Å². The second-order valence-electron chi connectivity index (χ2n) is 4.78. The monoisotopic (exact) mass is 209 g/mol. The summed E-state index contributed by atoms with van der Waals surface area (Å²) >= 11 is 0. The molecule has 0 amide bonds. The second-order valence-corrected chi connectivity index (χ2v) is 4.78. The zero-order valence-corrected chi connectivity index (χ0v) is 9.57. The highest BCUT2D eigenvalue weighted by Crippen LogP contribution is 2.24. The maximum atomic E-state index is 10.6. The molecule has 0 aliphatic carbocycles. The Kier molecular flexibility index (Phi) is 5.63. The van der Waals surface area contributed by atoms with Crippen LogP contribution in [0.25, 0.3) is 0 Å². The number of hydrogen-bond donors (Lipinski definition) is 2. The third kappa shape index (κ3) is 6.84. The van der Waals surface area contributed by atoms with Crippen molar-refractivity contribution in [2.75, 3.05) is 0 Å². The molecule has 0 aromatic heterocycles. The van der Waals surface area contributed by atoms with Crippen LogP contribution in [0.1, 0.15) is 40.5 Å². The first kappa shape index (κ1) is 15.2. The van der Waals surface area contributed by atoms with E-state index in [-0.39, 0.29) is 17.8 Å². The van der Waals surface area contributed by atoms with Gasteiger partial charge >= 0.3 is 5.97 Å². The lowest BCUT2D eigenvalue weighted by Crippen LogP contribution is -2.45. The van der Waals surface area contributed by atoms with E-state index >= 15 is 0 Å². The molecule has 1 unspecified atom stereocenters. The summed E-state index contributed by atoms with van der Waals surface area (Å²) in [5, 5.41) is 8.71. The fourth-order valence-corrected chi connectivity index (χ4v) is 0.742. The topological polar surface area (TPSA) is 63.3 Å². The minimum absolute atomic E-state index is 0. The molecule has 0 bridgehead atoms. The molecule has 0 saturated heterocycles. The van der Waals surface area contributed by atoms with E-state index < -0.39 is 11.5 Å². The third-order valence-corrected chi connectivity index (χ3v) is 1.88. The molecule has 0 heterocycles. The largest absolute Gasteiger partial charge is 0.480 e. The van der Waals surface area contributed by atoms with Crippen LogP contribution in [0.4, 0.5) is 0 Å². The van der Waals surface area contributed by atoms with Crippen LogP contribution in [0.15, 0.2) is 0 Å². The van der Waals surface area contributed by atoms with E-state index in [9.17, 15) is 4.79 Å². The van der Waals surface area contributed by atoms with Crippen LogP contribution in [0.2, 0.25) is 0 Å². The first-order valence-corrected chi connectivity index (χ1v) is 4.17. The molecular formula is C9H20ClNO2. The molecule has 3 N–H and O–H groups in total. The van der Waals surface area contributed by atoms with Crippen LogP contribution in [0, 0.1) is 5.41 Å². The fourth-order valence-electron chi connectivity index (χ4n) is 0.742. The lowest BCUT2D eigenvalue weighted by Gasteiger charge is -2.24. The van der Waals surface area contributed by atoms with Gasteiger partial charge in [-0.3, -0.25) is 4.79 Å². The number of carboxylic acid groups (broad SMARTS) is 1. The van der Waals surface area contributed by atoms with E-state index in [2.05, 4.69) is 20.8 Å². The Morgan fingerprint density at radius 3 is 1.85 bits per heavy atom. The summed E-state index contributed by atoms with van der Waals surface area (Å²) in [6, 6.07) is 0. The zero-order chi connectivity index (χ0) is 9.99. The molecule has 0 aromatic rings. The summed E-state index contributed by atoms with van der Waals surface area (Å²) in [6.07, 6.45) is 1.35. The van der Waals surface area contributed by atoms with Crippen LogP contribution in [0.3, 0.4) is 0 Å². The van der Waals surface area contributed by atoms with E-state index in [0.717, 1.165) is 6.42 Å². The lowest BCUT2D eigenvalue weighted by atomic mass is 9.84. The molecule has 0 aliphatic heterocycles. The summed E-state index contributed by atoms with van der Waals surface area (Å²) in [5.74, 6) is -0.924. The number of aliphatic carboxylic acids is 1. The van der Waals surface area contributed by atoms with E-state index in [4.69, 9.17) is 10.8 Å². The Balaban J connectivity index is 0. The minimum Gasteiger partial charge on any atom is -0.480 e. The number of nitrogens with two attached hydrogens (primary N) is 1. The SMILES string of the molecule is CC(C)(C)CCC(C)(N)C(=O)O.Cl. The number of carbonyl (C=O) groups is 1. The van der Waals surface area contributed by atoms with Crippen molar-refractivity contribution in [3.63, 3.8) is 0 Å². The smallest absolute Gasteiger partial charge is 0.323 e. The van der Waals surface area contributed by atoms with Crippen molar-refractivity contribution < 1.29 is 9.90 Å². The fraction of sp³-hybridized carbons (Fsp3) is 0.889. The Morgan fingerprint density at radius 2 is 1.62 bits per heavy atom. The van der Waals surface area contributed by atoms with Crippen molar-refractivity contribution in [3.8, 4) is 0 Å². The highest BCUT2D eigenvalue weighted by Gasteiger charge is 2.29. The van der Waals surface area contributed by atoms with Crippen molar-refractivity contribution in [2.24, 2.45) is 11.1 Å². The molecule has 0 aliphatic rings. The Hall–Kier alpha value is -0.280. The van der Waals surface area contributed by atoms with E-state index in [1.807, 2.05) is 0 Å². The lowest BCUT2D eigenvalue weighted by molar-refractivity contribution is -0.143. The maximum absolute atomic E-state index is 10.6. The van der Waals surface area contributed by atoms with Gasteiger partial charge in [0.25, 0.3) is 0 Å². The normalized spacial score (nSPS) is 15.8. The predicted octanol–water partition coefficient (Wildman–Crippen LogP) is 2.04. The van der Waals surface area contributed by atoms with Crippen molar-refractivity contribution in [1.29, 1.82) is 0 Å².